The third-order valence-electron chi connectivity index (χ3n) is 3.23. The van der Waals surface area contributed by atoms with Crippen LogP contribution in [0.25, 0.3) is 0 Å². The van der Waals surface area contributed by atoms with Crippen LogP contribution in [0, 0.1) is 11.8 Å². The Bertz CT molecular complexity index is 562. The van der Waals surface area contributed by atoms with Gasteiger partial charge in [0.25, 0.3) is 11.8 Å². The lowest BCUT2D eigenvalue weighted by atomic mass is 10.0. The first-order valence-electron chi connectivity index (χ1n) is 6.46. The molecule has 1 saturated heterocycles. The molecule has 1 aromatic rings. The maximum Gasteiger partial charge on any atom is 0.296 e. The van der Waals surface area contributed by atoms with Gasteiger partial charge in [-0.1, -0.05) is 17.5 Å². The predicted molar refractivity (Wildman–Crippen MR) is 76.3 cm³/mol. The molecule has 2 heterocycles. The van der Waals surface area contributed by atoms with Crippen LogP contribution in [0.2, 0.25) is 5.02 Å². The van der Waals surface area contributed by atoms with E-state index < -0.39 is 0 Å². The van der Waals surface area contributed by atoms with Gasteiger partial charge in [-0.2, -0.15) is 0 Å². The number of rotatable bonds is 2. The Kier molecular flexibility index (Phi) is 4.70. The van der Waals surface area contributed by atoms with Crippen LogP contribution in [0.3, 0.4) is 0 Å². The molecule has 20 heavy (non-hydrogen) atoms. The highest BCUT2D eigenvalue weighted by molar-refractivity contribution is 6.30. The largest absolute Gasteiger partial charge is 0.356 e. The number of aromatic amines is 1. The Balaban J connectivity index is 1.86. The molecule has 6 heteroatoms. The van der Waals surface area contributed by atoms with E-state index >= 15 is 0 Å². The van der Waals surface area contributed by atoms with Crippen LogP contribution in [0.1, 0.15) is 30.3 Å². The maximum absolute atomic E-state index is 12.2. The van der Waals surface area contributed by atoms with Gasteiger partial charge in [0.2, 0.25) is 0 Å². The molecule has 0 saturated carbocycles. The van der Waals surface area contributed by atoms with Crippen LogP contribution in [0.15, 0.2) is 12.3 Å². The topological polar surface area (TPSA) is 65.2 Å². The summed E-state index contributed by atoms with van der Waals surface area (Å²) in [6, 6.07) is 1.70. The van der Waals surface area contributed by atoms with Gasteiger partial charge in [0.15, 0.2) is 0 Å². The lowest BCUT2D eigenvalue weighted by Crippen LogP contribution is -2.46. The van der Waals surface area contributed by atoms with E-state index in [9.17, 15) is 9.59 Å². The fourth-order valence-electron chi connectivity index (χ4n) is 2.22. The molecule has 106 valence electrons. The molecule has 5 nitrogen and oxygen atoms in total. The van der Waals surface area contributed by atoms with Crippen LogP contribution >= 0.6 is 11.6 Å². The van der Waals surface area contributed by atoms with Crippen molar-refractivity contribution in [1.29, 1.82) is 0 Å². The summed E-state index contributed by atoms with van der Waals surface area (Å²) in [5, 5.41) is 3.37. The molecule has 1 aliphatic rings. The number of hydrogen-bond acceptors (Lipinski definition) is 2. The van der Waals surface area contributed by atoms with Crippen LogP contribution in [-0.2, 0) is 4.79 Å². The molecule has 0 spiro atoms. The fourth-order valence-corrected chi connectivity index (χ4v) is 2.39. The van der Waals surface area contributed by atoms with Crippen LogP contribution in [-0.4, -0.2) is 40.8 Å². The number of aromatic nitrogens is 1. The first kappa shape index (κ1) is 14.5. The Morgan fingerprint density at radius 1 is 1.45 bits per heavy atom. The standard InChI is InChI=1S/C14H16ClN3O2/c1-2-3-13(19)17-11-4-6-18(7-5-11)14(20)12-8-10(15)9-16-12/h8-9,11,16H,4-7H2,1H3,(H,17,19). The Hall–Kier alpha value is -1.93. The highest BCUT2D eigenvalue weighted by atomic mass is 35.5. The molecule has 0 unspecified atom stereocenters. The maximum atomic E-state index is 12.2. The number of hydrogen-bond donors (Lipinski definition) is 2. The average molecular weight is 294 g/mol. The third-order valence-corrected chi connectivity index (χ3v) is 3.45. The van der Waals surface area contributed by atoms with E-state index in [0.29, 0.717) is 23.8 Å². The van der Waals surface area contributed by atoms with E-state index in [0.717, 1.165) is 12.8 Å². The smallest absolute Gasteiger partial charge is 0.296 e. The summed E-state index contributed by atoms with van der Waals surface area (Å²) >= 11 is 5.79. The summed E-state index contributed by atoms with van der Waals surface area (Å²) in [6.45, 7) is 2.85. The van der Waals surface area contributed by atoms with Crippen molar-refractivity contribution in [2.24, 2.45) is 0 Å². The molecule has 1 aliphatic heterocycles. The zero-order valence-corrected chi connectivity index (χ0v) is 12.0. The molecule has 0 radical (unpaired) electrons. The van der Waals surface area contributed by atoms with Crippen molar-refractivity contribution >= 4 is 23.4 Å². The summed E-state index contributed by atoms with van der Waals surface area (Å²) in [5.41, 5.74) is 0.495. The molecule has 0 aromatic carbocycles. The minimum Gasteiger partial charge on any atom is -0.356 e. The number of nitrogens with one attached hydrogen (secondary N) is 2. The van der Waals surface area contributed by atoms with Crippen molar-refractivity contribution in [1.82, 2.24) is 15.2 Å². The zero-order chi connectivity index (χ0) is 14.5. The summed E-state index contributed by atoms with van der Waals surface area (Å²) in [4.78, 5) is 28.1. The van der Waals surface area contributed by atoms with Gasteiger partial charge in [0.1, 0.15) is 5.69 Å². The minimum atomic E-state index is -0.256. The van der Waals surface area contributed by atoms with E-state index in [2.05, 4.69) is 22.1 Å². The highest BCUT2D eigenvalue weighted by Crippen LogP contribution is 2.16. The van der Waals surface area contributed by atoms with Crippen LogP contribution in [0.5, 0.6) is 0 Å². The Morgan fingerprint density at radius 2 is 2.15 bits per heavy atom. The Labute approximate surface area is 122 Å². The zero-order valence-electron chi connectivity index (χ0n) is 11.2. The molecule has 2 amide bonds. The second-order valence-electron chi connectivity index (χ2n) is 4.65. The van der Waals surface area contributed by atoms with Gasteiger partial charge < -0.3 is 15.2 Å². The van der Waals surface area contributed by atoms with E-state index in [1.807, 2.05) is 0 Å². The molecule has 0 atom stereocenters. The summed E-state index contributed by atoms with van der Waals surface area (Å²) in [5.74, 6) is 4.70. The molecule has 1 fully saturated rings. The van der Waals surface area contributed by atoms with Gasteiger partial charge in [-0.05, 0) is 31.8 Å². The number of piperidine rings is 1. The third kappa shape index (κ3) is 3.55. The van der Waals surface area contributed by atoms with Crippen LogP contribution in [0.4, 0.5) is 0 Å². The van der Waals surface area contributed by atoms with E-state index in [-0.39, 0.29) is 17.9 Å². The van der Waals surface area contributed by atoms with E-state index in [1.54, 1.807) is 24.1 Å². The quantitative estimate of drug-likeness (QED) is 0.810. The van der Waals surface area contributed by atoms with Crippen molar-refractivity contribution in [3.63, 3.8) is 0 Å². The first-order chi connectivity index (χ1) is 9.60. The summed E-state index contributed by atoms with van der Waals surface area (Å²) in [6.07, 6.45) is 3.06. The highest BCUT2D eigenvalue weighted by Gasteiger charge is 2.24. The van der Waals surface area contributed by atoms with Gasteiger partial charge in [0, 0.05) is 25.3 Å². The molecule has 2 N–H and O–H groups in total. The van der Waals surface area contributed by atoms with Crippen molar-refractivity contribution in [3.8, 4) is 11.8 Å². The van der Waals surface area contributed by atoms with Gasteiger partial charge >= 0.3 is 0 Å². The number of H-pyrrole nitrogens is 1. The summed E-state index contributed by atoms with van der Waals surface area (Å²) in [7, 11) is 0. The van der Waals surface area contributed by atoms with Gasteiger partial charge in [-0.15, -0.1) is 0 Å². The lowest BCUT2D eigenvalue weighted by molar-refractivity contribution is -0.116. The first-order valence-corrected chi connectivity index (χ1v) is 6.84. The number of carbonyl (C=O) groups excluding carboxylic acids is 2. The van der Waals surface area contributed by atoms with E-state index in [4.69, 9.17) is 11.6 Å². The molecule has 0 bridgehead atoms. The number of nitrogens with zero attached hydrogens (tertiary/aromatic N) is 1. The second kappa shape index (κ2) is 6.49. The lowest BCUT2D eigenvalue weighted by Gasteiger charge is -2.31. The van der Waals surface area contributed by atoms with Gasteiger partial charge in [-0.25, -0.2) is 0 Å². The van der Waals surface area contributed by atoms with Crippen molar-refractivity contribution in [3.05, 3.63) is 23.0 Å². The van der Waals surface area contributed by atoms with Gasteiger partial charge in [0.05, 0.1) is 5.02 Å². The number of halogens is 1. The van der Waals surface area contributed by atoms with Crippen LogP contribution < -0.4 is 5.32 Å². The molecule has 1 aromatic heterocycles. The number of likely N-dealkylation sites (tertiary alicyclic amines) is 1. The second-order valence-corrected chi connectivity index (χ2v) is 5.08. The molecule has 0 aliphatic carbocycles. The van der Waals surface area contributed by atoms with E-state index in [1.165, 1.54) is 0 Å². The fraction of sp³-hybridized carbons (Fsp3) is 0.429. The SMILES string of the molecule is CC#CC(=O)NC1CCN(C(=O)c2cc(Cl)c[nH]2)CC1. The predicted octanol–water partition coefficient (Wildman–Crippen LogP) is 1.41. The molecular formula is C14H16ClN3O2. The number of amides is 2. The monoisotopic (exact) mass is 293 g/mol. The Morgan fingerprint density at radius 3 is 2.70 bits per heavy atom. The molecular weight excluding hydrogens is 278 g/mol. The van der Waals surface area contributed by atoms with Gasteiger partial charge in [-0.3, -0.25) is 9.59 Å². The van der Waals surface area contributed by atoms with Crippen molar-refractivity contribution < 1.29 is 9.59 Å². The minimum absolute atomic E-state index is 0.0602. The average Bonchev–Trinajstić information content (AvgIpc) is 2.86. The normalized spacial score (nSPS) is 15.4. The summed E-state index contributed by atoms with van der Waals surface area (Å²) < 4.78 is 0. The van der Waals surface area contributed by atoms with Crippen molar-refractivity contribution in [2.75, 3.05) is 13.1 Å². The number of carbonyl (C=O) groups is 2. The van der Waals surface area contributed by atoms with Crippen molar-refractivity contribution in [2.45, 2.75) is 25.8 Å². The molecule has 2 rings (SSSR count).